The predicted molar refractivity (Wildman–Crippen MR) is 169 cm³/mol. The Morgan fingerprint density at radius 3 is 1.31 bits per heavy atom. The number of hydrogen-bond acceptors (Lipinski definition) is 2. The third kappa shape index (κ3) is 5.13. The van der Waals surface area contributed by atoms with Gasteiger partial charge in [0.1, 0.15) is 4.90 Å². The van der Waals surface area contributed by atoms with Crippen LogP contribution >= 0.6 is 19.8 Å². The van der Waals surface area contributed by atoms with Gasteiger partial charge in [-0.25, -0.2) is 0 Å². The van der Waals surface area contributed by atoms with E-state index in [2.05, 4.69) is 91.0 Å². The van der Waals surface area contributed by atoms with Crippen molar-refractivity contribution in [2.75, 3.05) is 0 Å². The molecule has 0 aliphatic carbocycles. The van der Waals surface area contributed by atoms with E-state index in [1.807, 2.05) is 36.4 Å². The quantitative estimate of drug-likeness (QED) is 0.119. The zero-order chi connectivity index (χ0) is 26.8. The molecule has 7 aromatic carbocycles. The fourth-order valence-electron chi connectivity index (χ4n) is 4.93. The molecule has 0 heterocycles. The Balaban J connectivity index is 0.000000142. The summed E-state index contributed by atoms with van der Waals surface area (Å²) in [6.07, 6.45) is 0. The monoisotopic (exact) mass is 640 g/mol. The number of halogens is 1. The second-order valence-electron chi connectivity index (χ2n) is 9.06. The summed E-state index contributed by atoms with van der Waals surface area (Å²) in [7, 11) is -4.23. The molecule has 0 aliphatic heterocycles. The summed E-state index contributed by atoms with van der Waals surface area (Å²) >= 11 is -1.52. The third-order valence-electron chi connectivity index (χ3n) is 6.62. The molecule has 7 rings (SSSR count). The number of rotatable bonds is 4. The molecule has 7 aromatic rings. The van der Waals surface area contributed by atoms with E-state index >= 15 is 0 Å². The van der Waals surface area contributed by atoms with E-state index in [9.17, 15) is 13.0 Å². The van der Waals surface area contributed by atoms with Crippen molar-refractivity contribution in [1.82, 2.24) is 0 Å². The Hall–Kier alpha value is -3.78. The fourth-order valence-corrected chi connectivity index (χ4v) is 11.2. The van der Waals surface area contributed by atoms with Crippen LogP contribution in [0.1, 0.15) is 0 Å². The van der Waals surface area contributed by atoms with E-state index in [4.69, 9.17) is 0 Å². The topological polar surface area (TPSA) is 54.4 Å². The first-order valence-corrected chi connectivity index (χ1v) is 17.2. The SMILES string of the molecule is O=S(=O)(O)c1ccc2ccc3cccc4ccc1c2c34.c1ccc(I(c2ccccc2)c2ccccc2)cc1. The molecule has 0 radical (unpaired) electrons. The molecule has 0 saturated carbocycles. The first kappa shape index (κ1) is 25.5. The summed E-state index contributed by atoms with van der Waals surface area (Å²) in [6.45, 7) is 0. The average Bonchev–Trinajstić information content (AvgIpc) is 2.97. The van der Waals surface area contributed by atoms with Crippen LogP contribution in [0.25, 0.3) is 32.3 Å². The van der Waals surface area contributed by atoms with Gasteiger partial charge >= 0.3 is 122 Å². The van der Waals surface area contributed by atoms with Crippen LogP contribution in [0.4, 0.5) is 0 Å². The summed E-state index contributed by atoms with van der Waals surface area (Å²) in [6, 6.07) is 49.6. The molecule has 192 valence electrons. The summed E-state index contributed by atoms with van der Waals surface area (Å²) in [5, 5.41) is 5.58. The van der Waals surface area contributed by atoms with Gasteiger partial charge in [-0.1, -0.05) is 48.5 Å². The second kappa shape index (κ2) is 10.8. The van der Waals surface area contributed by atoms with Crippen molar-refractivity contribution in [2.24, 2.45) is 0 Å². The molecule has 0 fully saturated rings. The zero-order valence-corrected chi connectivity index (χ0v) is 23.9. The molecule has 0 amide bonds. The predicted octanol–water partition coefficient (Wildman–Crippen LogP) is 8.93. The average molecular weight is 641 g/mol. The van der Waals surface area contributed by atoms with E-state index in [1.165, 1.54) is 16.8 Å². The van der Waals surface area contributed by atoms with Crippen molar-refractivity contribution < 1.29 is 13.0 Å². The Labute approximate surface area is 235 Å². The van der Waals surface area contributed by atoms with Crippen LogP contribution in [0.15, 0.2) is 150 Å². The summed E-state index contributed by atoms with van der Waals surface area (Å²) < 4.78 is 36.9. The van der Waals surface area contributed by atoms with Gasteiger partial charge < -0.3 is 0 Å². The van der Waals surface area contributed by atoms with Gasteiger partial charge in [-0.05, 0) is 33.0 Å². The molecule has 0 aromatic heterocycles. The maximum absolute atomic E-state index is 11.5. The van der Waals surface area contributed by atoms with Crippen LogP contribution in [0.3, 0.4) is 0 Å². The first-order valence-electron chi connectivity index (χ1n) is 12.5. The van der Waals surface area contributed by atoms with Gasteiger partial charge in [0.15, 0.2) is 0 Å². The van der Waals surface area contributed by atoms with Crippen molar-refractivity contribution in [3.63, 3.8) is 0 Å². The minimum absolute atomic E-state index is 0.0387. The van der Waals surface area contributed by atoms with Crippen molar-refractivity contribution in [1.29, 1.82) is 0 Å². The van der Waals surface area contributed by atoms with Crippen LogP contribution in [-0.2, 0) is 10.1 Å². The normalized spacial score (nSPS) is 11.9. The molecule has 5 heteroatoms. The molecular weight excluding hydrogens is 615 g/mol. The Bertz CT molecular complexity index is 1860. The summed E-state index contributed by atoms with van der Waals surface area (Å²) in [5.74, 6) is 0. The molecule has 0 spiro atoms. The Morgan fingerprint density at radius 2 is 0.846 bits per heavy atom. The standard InChI is InChI=1S/C18H15I.C16H10O3S/c1-4-10-16(11-5-1)19(17-12-6-2-7-13-17)18-14-8-3-9-15-18;17-20(18,19)14-9-7-12-5-4-10-2-1-3-11-6-8-13(14)16(12)15(10)11/h1-15H;1-9H,(H,17,18,19). The van der Waals surface area contributed by atoms with Crippen LogP contribution < -0.4 is 0 Å². The molecule has 0 unspecified atom stereocenters. The fraction of sp³-hybridized carbons (Fsp3) is 0. The van der Waals surface area contributed by atoms with Gasteiger partial charge in [0.25, 0.3) is 10.1 Å². The first-order chi connectivity index (χ1) is 19.0. The van der Waals surface area contributed by atoms with E-state index in [0.717, 1.165) is 26.9 Å². The Kier molecular flexibility index (Phi) is 7.04. The number of hydrogen-bond donors (Lipinski definition) is 1. The van der Waals surface area contributed by atoms with E-state index in [1.54, 1.807) is 12.1 Å². The van der Waals surface area contributed by atoms with E-state index in [0.29, 0.717) is 5.39 Å². The molecule has 0 aliphatic rings. The van der Waals surface area contributed by atoms with E-state index in [-0.39, 0.29) is 4.90 Å². The van der Waals surface area contributed by atoms with Gasteiger partial charge in [0, 0.05) is 5.39 Å². The van der Waals surface area contributed by atoms with Crippen molar-refractivity contribution in [3.05, 3.63) is 156 Å². The zero-order valence-electron chi connectivity index (χ0n) is 20.9. The van der Waals surface area contributed by atoms with Crippen LogP contribution in [0, 0.1) is 10.7 Å². The molecule has 39 heavy (non-hydrogen) atoms. The van der Waals surface area contributed by atoms with Gasteiger partial charge in [-0.3, -0.25) is 4.55 Å². The molecule has 0 bridgehead atoms. The van der Waals surface area contributed by atoms with Gasteiger partial charge in [-0.15, -0.1) is 0 Å². The molecule has 0 atom stereocenters. The summed E-state index contributed by atoms with van der Waals surface area (Å²) in [5.41, 5.74) is 0. The van der Waals surface area contributed by atoms with E-state index < -0.39 is 29.9 Å². The third-order valence-corrected chi connectivity index (χ3v) is 13.4. The second-order valence-corrected chi connectivity index (χ2v) is 15.8. The summed E-state index contributed by atoms with van der Waals surface area (Å²) in [4.78, 5) is -0.0387. The van der Waals surface area contributed by atoms with Crippen molar-refractivity contribution in [3.8, 4) is 0 Å². The van der Waals surface area contributed by atoms with Crippen LogP contribution in [0.5, 0.6) is 0 Å². The Morgan fingerprint density at radius 1 is 0.436 bits per heavy atom. The van der Waals surface area contributed by atoms with Crippen LogP contribution in [-0.4, -0.2) is 13.0 Å². The van der Waals surface area contributed by atoms with Gasteiger partial charge in [-0.2, -0.15) is 8.42 Å². The maximum atomic E-state index is 11.5. The molecule has 3 nitrogen and oxygen atoms in total. The van der Waals surface area contributed by atoms with Crippen molar-refractivity contribution >= 4 is 62.3 Å². The minimum atomic E-state index is -4.23. The van der Waals surface area contributed by atoms with Gasteiger partial charge in [0.05, 0.1) is 0 Å². The van der Waals surface area contributed by atoms with Gasteiger partial charge in [0.2, 0.25) is 0 Å². The molecule has 0 saturated heterocycles. The molecular formula is C34H25IO3S. The van der Waals surface area contributed by atoms with Crippen LogP contribution in [0.2, 0.25) is 0 Å². The number of benzene rings is 7. The molecule has 1 N–H and O–H groups in total. The van der Waals surface area contributed by atoms with Crippen molar-refractivity contribution in [2.45, 2.75) is 4.90 Å².